The average Bonchev–Trinajstić information content (AvgIpc) is 2.28. The lowest BCUT2D eigenvalue weighted by Crippen LogP contribution is -2.26. The van der Waals surface area contributed by atoms with E-state index in [1.165, 1.54) is 0 Å². The Hall–Kier alpha value is -1.07. The number of hydrogen-bond donors (Lipinski definition) is 2. The van der Waals surface area contributed by atoms with E-state index in [0.717, 1.165) is 4.47 Å². The molecular weight excluding hydrogens is 286 g/mol. The SMILES string of the molecule is COc1ccc(C(=O)NCCC(C)O)cc1Br. The summed E-state index contributed by atoms with van der Waals surface area (Å²) < 4.78 is 5.82. The van der Waals surface area contributed by atoms with E-state index < -0.39 is 6.10 Å². The van der Waals surface area contributed by atoms with Gasteiger partial charge in [0.25, 0.3) is 5.91 Å². The van der Waals surface area contributed by atoms with Gasteiger partial charge in [-0.2, -0.15) is 0 Å². The molecule has 1 aromatic carbocycles. The number of hydrogen-bond acceptors (Lipinski definition) is 3. The van der Waals surface area contributed by atoms with Crippen LogP contribution >= 0.6 is 15.9 Å². The van der Waals surface area contributed by atoms with E-state index in [4.69, 9.17) is 9.84 Å². The van der Waals surface area contributed by atoms with Crippen LogP contribution in [-0.2, 0) is 0 Å². The fourth-order valence-electron chi connectivity index (χ4n) is 1.30. The van der Waals surface area contributed by atoms with Crippen molar-refractivity contribution in [1.82, 2.24) is 5.32 Å². The standard InChI is InChI=1S/C12H16BrNO3/c1-8(15)5-6-14-12(16)9-3-4-11(17-2)10(13)7-9/h3-4,7-8,15H,5-6H2,1-2H3,(H,14,16). The van der Waals surface area contributed by atoms with Gasteiger partial charge in [-0.15, -0.1) is 0 Å². The predicted octanol–water partition coefficient (Wildman–Crippen LogP) is 1.96. The molecule has 0 aliphatic heterocycles. The first-order valence-corrected chi connectivity index (χ1v) is 6.13. The number of carbonyl (C=O) groups excluding carboxylic acids is 1. The molecule has 0 spiro atoms. The van der Waals surface area contributed by atoms with E-state index in [1.807, 2.05) is 0 Å². The second-order valence-corrected chi connectivity index (χ2v) is 4.60. The van der Waals surface area contributed by atoms with Crippen LogP contribution in [0.3, 0.4) is 0 Å². The number of aliphatic hydroxyl groups is 1. The molecule has 1 rings (SSSR count). The first-order valence-electron chi connectivity index (χ1n) is 5.34. The fraction of sp³-hybridized carbons (Fsp3) is 0.417. The van der Waals surface area contributed by atoms with Crippen molar-refractivity contribution in [2.45, 2.75) is 19.4 Å². The summed E-state index contributed by atoms with van der Waals surface area (Å²) in [6.45, 7) is 2.15. The van der Waals surface area contributed by atoms with Crippen molar-refractivity contribution in [3.63, 3.8) is 0 Å². The molecule has 4 nitrogen and oxygen atoms in total. The van der Waals surface area contributed by atoms with Crippen LogP contribution in [0.1, 0.15) is 23.7 Å². The van der Waals surface area contributed by atoms with Crippen LogP contribution in [0, 0.1) is 0 Å². The van der Waals surface area contributed by atoms with Crippen LogP contribution in [-0.4, -0.2) is 30.8 Å². The molecule has 0 aromatic heterocycles. The first kappa shape index (κ1) is 14.0. The molecule has 0 saturated carbocycles. The van der Waals surface area contributed by atoms with Gasteiger partial charge in [0.1, 0.15) is 5.75 Å². The van der Waals surface area contributed by atoms with E-state index in [-0.39, 0.29) is 5.91 Å². The Kier molecular flexibility index (Phi) is 5.44. The van der Waals surface area contributed by atoms with E-state index in [0.29, 0.717) is 24.3 Å². The van der Waals surface area contributed by atoms with Gasteiger partial charge in [-0.3, -0.25) is 4.79 Å². The molecule has 1 atom stereocenters. The monoisotopic (exact) mass is 301 g/mol. The highest BCUT2D eigenvalue weighted by atomic mass is 79.9. The number of ether oxygens (including phenoxy) is 1. The number of rotatable bonds is 5. The van der Waals surface area contributed by atoms with Crippen LogP contribution < -0.4 is 10.1 Å². The van der Waals surface area contributed by atoms with E-state index >= 15 is 0 Å². The van der Waals surface area contributed by atoms with Crippen LogP contribution in [0.5, 0.6) is 5.75 Å². The highest BCUT2D eigenvalue weighted by Crippen LogP contribution is 2.25. The van der Waals surface area contributed by atoms with Gasteiger partial charge >= 0.3 is 0 Å². The third kappa shape index (κ3) is 4.36. The summed E-state index contributed by atoms with van der Waals surface area (Å²) in [6, 6.07) is 5.13. The highest BCUT2D eigenvalue weighted by Gasteiger charge is 2.08. The number of nitrogens with one attached hydrogen (secondary N) is 1. The molecule has 0 aliphatic rings. The second-order valence-electron chi connectivity index (χ2n) is 3.74. The molecule has 0 fully saturated rings. The number of methoxy groups -OCH3 is 1. The van der Waals surface area contributed by atoms with Crippen LogP contribution in [0.2, 0.25) is 0 Å². The zero-order chi connectivity index (χ0) is 12.8. The minimum absolute atomic E-state index is 0.158. The van der Waals surface area contributed by atoms with E-state index in [2.05, 4.69) is 21.2 Å². The van der Waals surface area contributed by atoms with Crippen molar-refractivity contribution < 1.29 is 14.6 Å². The molecule has 2 N–H and O–H groups in total. The Bertz CT molecular complexity index is 393. The van der Waals surface area contributed by atoms with E-state index in [9.17, 15) is 4.79 Å². The molecule has 0 saturated heterocycles. The lowest BCUT2D eigenvalue weighted by molar-refractivity contribution is 0.0945. The third-order valence-corrected chi connectivity index (χ3v) is 2.88. The summed E-state index contributed by atoms with van der Waals surface area (Å²) in [5, 5.41) is 11.8. The third-order valence-electron chi connectivity index (χ3n) is 2.26. The Balaban J connectivity index is 2.60. The molecule has 0 aliphatic carbocycles. The number of halogens is 1. The number of aliphatic hydroxyl groups excluding tert-OH is 1. The molecule has 0 radical (unpaired) electrons. The largest absolute Gasteiger partial charge is 0.496 e. The Labute approximate surface area is 109 Å². The van der Waals surface area contributed by atoms with Crippen molar-refractivity contribution in [3.05, 3.63) is 28.2 Å². The Morgan fingerprint density at radius 2 is 2.29 bits per heavy atom. The van der Waals surface area contributed by atoms with Crippen LogP contribution in [0.25, 0.3) is 0 Å². The lowest BCUT2D eigenvalue weighted by atomic mass is 10.2. The number of carbonyl (C=O) groups is 1. The Morgan fingerprint density at radius 3 is 2.82 bits per heavy atom. The zero-order valence-corrected chi connectivity index (χ0v) is 11.5. The molecule has 1 amide bonds. The fourth-order valence-corrected chi connectivity index (χ4v) is 1.84. The zero-order valence-electron chi connectivity index (χ0n) is 9.87. The molecular formula is C12H16BrNO3. The molecule has 1 unspecified atom stereocenters. The van der Waals surface area contributed by atoms with Gasteiger partial charge in [0.05, 0.1) is 17.7 Å². The maximum atomic E-state index is 11.7. The number of benzene rings is 1. The second kappa shape index (κ2) is 6.61. The first-order chi connectivity index (χ1) is 8.04. The van der Waals surface area contributed by atoms with Crippen molar-refractivity contribution in [2.75, 3.05) is 13.7 Å². The van der Waals surface area contributed by atoms with Crippen molar-refractivity contribution in [1.29, 1.82) is 0 Å². The van der Waals surface area contributed by atoms with Gasteiger partial charge < -0.3 is 15.2 Å². The summed E-state index contributed by atoms with van der Waals surface area (Å²) in [7, 11) is 1.57. The van der Waals surface area contributed by atoms with Crippen LogP contribution in [0.15, 0.2) is 22.7 Å². The van der Waals surface area contributed by atoms with Crippen molar-refractivity contribution in [3.8, 4) is 5.75 Å². The summed E-state index contributed by atoms with van der Waals surface area (Å²) in [4.78, 5) is 11.7. The Morgan fingerprint density at radius 1 is 1.59 bits per heavy atom. The van der Waals surface area contributed by atoms with Gasteiger partial charge in [0.15, 0.2) is 0 Å². The molecule has 17 heavy (non-hydrogen) atoms. The normalized spacial score (nSPS) is 12.0. The summed E-state index contributed by atoms with van der Waals surface area (Å²) in [6.07, 6.45) is 0.140. The van der Waals surface area contributed by atoms with Crippen molar-refractivity contribution in [2.24, 2.45) is 0 Å². The summed E-state index contributed by atoms with van der Waals surface area (Å²) in [5.41, 5.74) is 0.559. The minimum Gasteiger partial charge on any atom is -0.496 e. The molecule has 0 bridgehead atoms. The van der Waals surface area contributed by atoms with Crippen molar-refractivity contribution >= 4 is 21.8 Å². The number of amides is 1. The van der Waals surface area contributed by atoms with Crippen LogP contribution in [0.4, 0.5) is 0 Å². The highest BCUT2D eigenvalue weighted by molar-refractivity contribution is 9.10. The van der Waals surface area contributed by atoms with Gasteiger partial charge in [-0.05, 0) is 47.5 Å². The van der Waals surface area contributed by atoms with Gasteiger partial charge in [0.2, 0.25) is 0 Å². The molecule has 1 aromatic rings. The molecule has 94 valence electrons. The van der Waals surface area contributed by atoms with E-state index in [1.54, 1.807) is 32.2 Å². The molecule has 0 heterocycles. The quantitative estimate of drug-likeness (QED) is 0.874. The summed E-state index contributed by atoms with van der Waals surface area (Å²) >= 11 is 3.32. The van der Waals surface area contributed by atoms with Gasteiger partial charge in [0, 0.05) is 12.1 Å². The molecule has 5 heteroatoms. The summed E-state index contributed by atoms with van der Waals surface area (Å²) in [5.74, 6) is 0.527. The lowest BCUT2D eigenvalue weighted by Gasteiger charge is -2.08. The maximum Gasteiger partial charge on any atom is 0.251 e. The topological polar surface area (TPSA) is 58.6 Å². The average molecular weight is 302 g/mol. The van der Waals surface area contributed by atoms with Gasteiger partial charge in [-0.25, -0.2) is 0 Å². The predicted molar refractivity (Wildman–Crippen MR) is 69.3 cm³/mol. The minimum atomic E-state index is -0.405. The maximum absolute atomic E-state index is 11.7. The smallest absolute Gasteiger partial charge is 0.251 e. The van der Waals surface area contributed by atoms with Gasteiger partial charge in [-0.1, -0.05) is 0 Å².